The van der Waals surface area contributed by atoms with E-state index in [2.05, 4.69) is 10.3 Å². The van der Waals surface area contributed by atoms with E-state index in [9.17, 15) is 13.6 Å². The number of nitrogens with zero attached hydrogens (tertiary/aromatic N) is 3. The van der Waals surface area contributed by atoms with Crippen LogP contribution in [-0.2, 0) is 15.3 Å². The lowest BCUT2D eigenvalue weighted by Gasteiger charge is -2.35. The number of carbonyl (C=O) groups is 1. The van der Waals surface area contributed by atoms with Gasteiger partial charge in [0.2, 0.25) is 11.6 Å². The number of ether oxygens (including phenoxy) is 1. The molecular weight excluding hydrogens is 382 g/mol. The average molecular weight is 402 g/mol. The van der Waals surface area contributed by atoms with Crippen molar-refractivity contribution in [3.8, 4) is 0 Å². The summed E-state index contributed by atoms with van der Waals surface area (Å²) >= 11 is 0. The third-order valence-electron chi connectivity index (χ3n) is 4.55. The molecule has 1 aliphatic heterocycles. The number of oxime groups is 1. The van der Waals surface area contributed by atoms with Crippen LogP contribution in [0.5, 0.6) is 0 Å². The van der Waals surface area contributed by atoms with Crippen molar-refractivity contribution in [2.75, 3.05) is 6.54 Å². The zero-order valence-corrected chi connectivity index (χ0v) is 15.7. The SMILES string of the molecule is CC(=NO)C(=O)N1N=C(c2cc(F)ccc2F)OC1(CCCN)c1ccccc1. The Morgan fingerprint density at radius 2 is 2.00 bits per heavy atom. The molecule has 1 heterocycles. The maximum absolute atomic E-state index is 14.4. The van der Waals surface area contributed by atoms with Crippen molar-refractivity contribution >= 4 is 17.5 Å². The minimum atomic E-state index is -1.46. The van der Waals surface area contributed by atoms with Crippen LogP contribution in [-0.4, -0.2) is 34.3 Å². The Balaban J connectivity index is 2.18. The monoisotopic (exact) mass is 402 g/mol. The molecule has 3 rings (SSSR count). The van der Waals surface area contributed by atoms with Crippen molar-refractivity contribution in [3.63, 3.8) is 0 Å². The van der Waals surface area contributed by atoms with E-state index in [4.69, 9.17) is 15.7 Å². The molecule has 152 valence electrons. The Morgan fingerprint density at radius 3 is 2.66 bits per heavy atom. The highest BCUT2D eigenvalue weighted by Gasteiger charge is 2.50. The molecular formula is C20H20F2N4O3. The molecule has 2 aromatic rings. The van der Waals surface area contributed by atoms with Crippen LogP contribution in [0.2, 0.25) is 0 Å². The molecule has 3 N–H and O–H groups in total. The van der Waals surface area contributed by atoms with Gasteiger partial charge in [-0.25, -0.2) is 8.78 Å². The van der Waals surface area contributed by atoms with Gasteiger partial charge in [-0.2, -0.15) is 5.01 Å². The van der Waals surface area contributed by atoms with Gasteiger partial charge < -0.3 is 15.7 Å². The molecule has 9 heteroatoms. The molecule has 2 aromatic carbocycles. The van der Waals surface area contributed by atoms with Crippen molar-refractivity contribution in [3.05, 3.63) is 71.3 Å². The van der Waals surface area contributed by atoms with Crippen molar-refractivity contribution in [1.82, 2.24) is 5.01 Å². The van der Waals surface area contributed by atoms with Crippen molar-refractivity contribution < 1.29 is 23.5 Å². The Hall–Kier alpha value is -3.33. The summed E-state index contributed by atoms with van der Waals surface area (Å²) in [6, 6.07) is 11.6. The first-order valence-electron chi connectivity index (χ1n) is 8.95. The van der Waals surface area contributed by atoms with E-state index in [0.29, 0.717) is 18.5 Å². The largest absolute Gasteiger partial charge is 0.443 e. The second-order valence-electron chi connectivity index (χ2n) is 6.48. The summed E-state index contributed by atoms with van der Waals surface area (Å²) in [5, 5.41) is 17.2. The fraction of sp³-hybridized carbons (Fsp3) is 0.250. The molecule has 0 spiro atoms. The number of halogens is 2. The maximum atomic E-state index is 14.4. The van der Waals surface area contributed by atoms with Crippen LogP contribution >= 0.6 is 0 Å². The Labute approximate surface area is 166 Å². The number of hydrogen-bond donors (Lipinski definition) is 2. The summed E-state index contributed by atoms with van der Waals surface area (Å²) in [5.74, 6) is -2.45. The molecule has 0 aliphatic carbocycles. The van der Waals surface area contributed by atoms with Gasteiger partial charge >= 0.3 is 0 Å². The fourth-order valence-electron chi connectivity index (χ4n) is 3.09. The van der Waals surface area contributed by atoms with Crippen LogP contribution in [0.25, 0.3) is 0 Å². The molecule has 7 nitrogen and oxygen atoms in total. The molecule has 1 unspecified atom stereocenters. The van der Waals surface area contributed by atoms with Crippen molar-refractivity contribution in [2.45, 2.75) is 25.5 Å². The lowest BCUT2D eigenvalue weighted by Crippen LogP contribution is -2.47. The summed E-state index contributed by atoms with van der Waals surface area (Å²) in [5.41, 5.74) is 4.30. The molecule has 0 aromatic heterocycles. The number of carbonyl (C=O) groups excluding carboxylic acids is 1. The summed E-state index contributed by atoms with van der Waals surface area (Å²) in [6.07, 6.45) is 0.671. The summed E-state index contributed by atoms with van der Waals surface area (Å²) < 4.78 is 34.1. The lowest BCUT2D eigenvalue weighted by atomic mass is 9.96. The van der Waals surface area contributed by atoms with Crippen LogP contribution in [0, 0.1) is 11.6 Å². The molecule has 0 fully saturated rings. The van der Waals surface area contributed by atoms with Gasteiger partial charge in [0.1, 0.15) is 17.3 Å². The molecule has 1 amide bonds. The summed E-state index contributed by atoms with van der Waals surface area (Å²) in [7, 11) is 0. The highest BCUT2D eigenvalue weighted by molar-refractivity contribution is 6.37. The van der Waals surface area contributed by atoms with Crippen LogP contribution in [0.15, 0.2) is 58.8 Å². The molecule has 1 atom stereocenters. The Bertz CT molecular complexity index is 965. The zero-order valence-electron chi connectivity index (χ0n) is 15.7. The standard InChI is InChI=1S/C20H20F2N4O3/c1-13(25-28)19(27)26-20(10-5-11-23,14-6-3-2-4-7-14)29-18(24-26)16-12-15(21)8-9-17(16)22/h2-4,6-9,12,28H,5,10-11,23H2,1H3. The van der Waals surface area contributed by atoms with Crippen molar-refractivity contribution in [2.24, 2.45) is 16.0 Å². The molecule has 29 heavy (non-hydrogen) atoms. The Kier molecular flexibility index (Phi) is 5.88. The van der Waals surface area contributed by atoms with Gasteiger partial charge in [-0.05, 0) is 38.1 Å². The average Bonchev–Trinajstić information content (AvgIpc) is 3.14. The molecule has 0 saturated heterocycles. The van der Waals surface area contributed by atoms with Crippen LogP contribution in [0.1, 0.15) is 30.9 Å². The topological polar surface area (TPSA) is 101 Å². The number of rotatable bonds is 6. The Morgan fingerprint density at radius 1 is 1.28 bits per heavy atom. The number of hydrogen-bond acceptors (Lipinski definition) is 6. The van der Waals surface area contributed by atoms with Gasteiger partial charge in [0.05, 0.1) is 5.56 Å². The third kappa shape index (κ3) is 3.81. The van der Waals surface area contributed by atoms with Gasteiger partial charge in [-0.3, -0.25) is 4.79 Å². The van der Waals surface area contributed by atoms with E-state index in [1.54, 1.807) is 30.3 Å². The van der Waals surface area contributed by atoms with Gasteiger partial charge in [0.15, 0.2) is 0 Å². The number of nitrogens with two attached hydrogens (primary N) is 1. The third-order valence-corrected chi connectivity index (χ3v) is 4.55. The first-order chi connectivity index (χ1) is 13.9. The highest BCUT2D eigenvalue weighted by atomic mass is 19.1. The van der Waals surface area contributed by atoms with E-state index >= 15 is 0 Å². The zero-order chi connectivity index (χ0) is 21.0. The molecule has 0 bridgehead atoms. The van der Waals surface area contributed by atoms with Gasteiger partial charge in [-0.15, -0.1) is 5.10 Å². The summed E-state index contributed by atoms with van der Waals surface area (Å²) in [6.45, 7) is 1.61. The lowest BCUT2D eigenvalue weighted by molar-refractivity contribution is -0.145. The van der Waals surface area contributed by atoms with Gasteiger partial charge in [-0.1, -0.05) is 35.5 Å². The maximum Gasteiger partial charge on any atom is 0.295 e. The second kappa shape index (κ2) is 8.36. The highest BCUT2D eigenvalue weighted by Crippen LogP contribution is 2.41. The predicted molar refractivity (Wildman–Crippen MR) is 102 cm³/mol. The minimum absolute atomic E-state index is 0.224. The predicted octanol–water partition coefficient (Wildman–Crippen LogP) is 2.93. The van der Waals surface area contributed by atoms with E-state index in [1.165, 1.54) is 6.92 Å². The number of hydrazone groups is 1. The van der Waals surface area contributed by atoms with E-state index < -0.39 is 23.3 Å². The number of benzene rings is 2. The van der Waals surface area contributed by atoms with Crippen LogP contribution in [0.4, 0.5) is 8.78 Å². The fourth-order valence-corrected chi connectivity index (χ4v) is 3.09. The van der Waals surface area contributed by atoms with E-state index in [1.807, 2.05) is 0 Å². The first-order valence-corrected chi connectivity index (χ1v) is 8.95. The van der Waals surface area contributed by atoms with E-state index in [-0.39, 0.29) is 23.6 Å². The van der Waals surface area contributed by atoms with Crippen LogP contribution < -0.4 is 5.73 Å². The van der Waals surface area contributed by atoms with Gasteiger partial charge in [0, 0.05) is 12.0 Å². The second-order valence-corrected chi connectivity index (χ2v) is 6.48. The quantitative estimate of drug-likeness (QED) is 0.441. The smallest absolute Gasteiger partial charge is 0.295 e. The van der Waals surface area contributed by atoms with Crippen molar-refractivity contribution in [1.29, 1.82) is 0 Å². The van der Waals surface area contributed by atoms with E-state index in [0.717, 1.165) is 23.2 Å². The molecule has 0 saturated carbocycles. The first kappa shape index (κ1) is 20.4. The molecule has 0 radical (unpaired) electrons. The minimum Gasteiger partial charge on any atom is -0.443 e. The molecule has 1 aliphatic rings. The number of amides is 1. The van der Waals surface area contributed by atoms with Gasteiger partial charge in [0.25, 0.3) is 5.91 Å². The van der Waals surface area contributed by atoms with Crippen LogP contribution in [0.3, 0.4) is 0 Å². The normalized spacial score (nSPS) is 19.1. The summed E-state index contributed by atoms with van der Waals surface area (Å²) in [4.78, 5) is 12.9.